The van der Waals surface area contributed by atoms with Gasteiger partial charge in [0.2, 0.25) is 11.8 Å². The van der Waals surface area contributed by atoms with Gasteiger partial charge >= 0.3 is 0 Å². The third kappa shape index (κ3) is 4.14. The number of hydrogen-bond donors (Lipinski definition) is 0. The molecule has 6 heteroatoms. The molecule has 0 N–H and O–H groups in total. The molecule has 27 heavy (non-hydrogen) atoms. The van der Waals surface area contributed by atoms with Crippen LogP contribution in [0.1, 0.15) is 5.69 Å². The number of benzene rings is 2. The molecular weight excluding hydrogens is 362 g/mol. The monoisotopic (exact) mass is 381 g/mol. The Labute approximate surface area is 163 Å². The normalized spacial score (nSPS) is 14.4. The SMILES string of the molecule is O=C(Cc1coc(-c2ccccc2)n1)N1CCN(c2ccc(Cl)cc2)CC1. The predicted molar refractivity (Wildman–Crippen MR) is 106 cm³/mol. The Hall–Kier alpha value is -2.79. The summed E-state index contributed by atoms with van der Waals surface area (Å²) in [5.74, 6) is 0.629. The second kappa shape index (κ2) is 7.84. The third-order valence-corrected chi connectivity index (χ3v) is 4.98. The van der Waals surface area contributed by atoms with Gasteiger partial charge in [-0.3, -0.25) is 4.79 Å². The fourth-order valence-electron chi connectivity index (χ4n) is 3.23. The number of carbonyl (C=O) groups excluding carboxylic acids is 1. The van der Waals surface area contributed by atoms with Crippen molar-refractivity contribution in [3.05, 3.63) is 71.6 Å². The molecule has 0 radical (unpaired) electrons. The summed E-state index contributed by atoms with van der Waals surface area (Å²) in [6, 6.07) is 17.5. The Morgan fingerprint density at radius 1 is 1.00 bits per heavy atom. The van der Waals surface area contributed by atoms with Gasteiger partial charge in [-0.2, -0.15) is 0 Å². The Morgan fingerprint density at radius 2 is 1.70 bits per heavy atom. The summed E-state index contributed by atoms with van der Waals surface area (Å²) < 4.78 is 5.52. The highest BCUT2D eigenvalue weighted by molar-refractivity contribution is 6.30. The number of piperazine rings is 1. The maximum Gasteiger partial charge on any atom is 0.228 e. The topological polar surface area (TPSA) is 49.6 Å². The van der Waals surface area contributed by atoms with Gasteiger partial charge in [-0.25, -0.2) is 4.98 Å². The van der Waals surface area contributed by atoms with Crippen molar-refractivity contribution < 1.29 is 9.21 Å². The average Bonchev–Trinajstić information content (AvgIpc) is 3.18. The zero-order chi connectivity index (χ0) is 18.6. The molecule has 0 spiro atoms. The van der Waals surface area contributed by atoms with E-state index >= 15 is 0 Å². The van der Waals surface area contributed by atoms with E-state index in [1.165, 1.54) is 0 Å². The molecule has 1 fully saturated rings. The van der Waals surface area contributed by atoms with Crippen molar-refractivity contribution in [3.63, 3.8) is 0 Å². The number of nitrogens with zero attached hydrogens (tertiary/aromatic N) is 3. The summed E-state index contributed by atoms with van der Waals surface area (Å²) in [5, 5.41) is 0.732. The molecule has 0 unspecified atom stereocenters. The van der Waals surface area contributed by atoms with Gasteiger partial charge in [0.1, 0.15) is 6.26 Å². The average molecular weight is 382 g/mol. The highest BCUT2D eigenvalue weighted by Crippen LogP contribution is 2.21. The minimum atomic E-state index is 0.0821. The minimum absolute atomic E-state index is 0.0821. The standard InChI is InChI=1S/C21H20ClN3O2/c22-17-6-8-19(9-7-17)24-10-12-25(13-11-24)20(26)14-18-15-27-21(23-18)16-4-2-1-3-5-16/h1-9,15H,10-14H2. The van der Waals surface area contributed by atoms with E-state index in [4.69, 9.17) is 16.0 Å². The minimum Gasteiger partial charge on any atom is -0.444 e. The lowest BCUT2D eigenvalue weighted by atomic mass is 10.2. The number of carbonyl (C=O) groups is 1. The Bertz CT molecular complexity index is 901. The van der Waals surface area contributed by atoms with Crippen LogP contribution < -0.4 is 4.90 Å². The fourth-order valence-corrected chi connectivity index (χ4v) is 3.36. The van der Waals surface area contributed by atoms with Gasteiger partial charge in [-0.15, -0.1) is 0 Å². The van der Waals surface area contributed by atoms with Crippen LogP contribution in [0.5, 0.6) is 0 Å². The molecule has 138 valence electrons. The van der Waals surface area contributed by atoms with E-state index in [2.05, 4.69) is 9.88 Å². The molecule has 0 atom stereocenters. The first-order valence-electron chi connectivity index (χ1n) is 8.97. The maximum absolute atomic E-state index is 12.6. The summed E-state index contributed by atoms with van der Waals surface area (Å²) in [6.07, 6.45) is 1.83. The van der Waals surface area contributed by atoms with Crippen LogP contribution in [0, 0.1) is 0 Å². The quantitative estimate of drug-likeness (QED) is 0.688. The molecule has 1 saturated heterocycles. The van der Waals surface area contributed by atoms with Crippen LogP contribution in [0.3, 0.4) is 0 Å². The number of aromatic nitrogens is 1. The van der Waals surface area contributed by atoms with Gasteiger partial charge in [0, 0.05) is 42.5 Å². The molecule has 3 aromatic rings. The lowest BCUT2D eigenvalue weighted by Gasteiger charge is -2.36. The molecule has 5 nitrogen and oxygen atoms in total. The molecule has 1 aliphatic rings. The van der Waals surface area contributed by atoms with Crippen molar-refractivity contribution >= 4 is 23.2 Å². The highest BCUT2D eigenvalue weighted by atomic mass is 35.5. The van der Waals surface area contributed by atoms with E-state index in [9.17, 15) is 4.79 Å². The fraction of sp³-hybridized carbons (Fsp3) is 0.238. The second-order valence-electron chi connectivity index (χ2n) is 6.53. The van der Waals surface area contributed by atoms with E-state index in [-0.39, 0.29) is 12.3 Å². The van der Waals surface area contributed by atoms with Gasteiger partial charge in [0.05, 0.1) is 12.1 Å². The zero-order valence-corrected chi connectivity index (χ0v) is 15.6. The first-order valence-corrected chi connectivity index (χ1v) is 9.35. The van der Waals surface area contributed by atoms with Crippen LogP contribution >= 0.6 is 11.6 Å². The smallest absolute Gasteiger partial charge is 0.228 e. The summed E-state index contributed by atoms with van der Waals surface area (Å²) in [6.45, 7) is 3.01. The van der Waals surface area contributed by atoms with Gasteiger partial charge in [0.25, 0.3) is 0 Å². The molecule has 2 heterocycles. The summed E-state index contributed by atoms with van der Waals surface area (Å²) in [5.41, 5.74) is 2.71. The van der Waals surface area contributed by atoms with Gasteiger partial charge in [0.15, 0.2) is 0 Å². The molecule has 0 saturated carbocycles. The Kier molecular flexibility index (Phi) is 5.12. The predicted octanol–water partition coefficient (Wildman–Crippen LogP) is 3.89. The molecule has 1 aliphatic heterocycles. The summed E-state index contributed by atoms with van der Waals surface area (Å²) in [4.78, 5) is 21.2. The third-order valence-electron chi connectivity index (χ3n) is 4.73. The first kappa shape index (κ1) is 17.6. The lowest BCUT2D eigenvalue weighted by molar-refractivity contribution is -0.130. The first-order chi connectivity index (χ1) is 13.2. The molecule has 1 amide bonds. The largest absolute Gasteiger partial charge is 0.444 e. The van der Waals surface area contributed by atoms with Crippen molar-refractivity contribution in [3.8, 4) is 11.5 Å². The van der Waals surface area contributed by atoms with Crippen molar-refractivity contribution in [2.75, 3.05) is 31.1 Å². The Balaban J connectivity index is 1.33. The molecule has 0 bridgehead atoms. The van der Waals surface area contributed by atoms with Gasteiger partial charge in [-0.05, 0) is 36.4 Å². The lowest BCUT2D eigenvalue weighted by Crippen LogP contribution is -2.49. The Morgan fingerprint density at radius 3 is 2.41 bits per heavy atom. The van der Waals surface area contributed by atoms with Crippen molar-refractivity contribution in [1.29, 1.82) is 0 Å². The number of halogens is 1. The maximum atomic E-state index is 12.6. The van der Waals surface area contributed by atoms with Crippen LogP contribution in [0.4, 0.5) is 5.69 Å². The molecule has 2 aromatic carbocycles. The molecular formula is C21H20ClN3O2. The van der Waals surface area contributed by atoms with Crippen molar-refractivity contribution in [2.45, 2.75) is 6.42 Å². The van der Waals surface area contributed by atoms with E-state index < -0.39 is 0 Å². The molecule has 0 aliphatic carbocycles. The number of anilines is 1. The van der Waals surface area contributed by atoms with Crippen LogP contribution in [-0.2, 0) is 11.2 Å². The van der Waals surface area contributed by atoms with Crippen LogP contribution in [-0.4, -0.2) is 42.0 Å². The van der Waals surface area contributed by atoms with Crippen LogP contribution in [0.25, 0.3) is 11.5 Å². The number of hydrogen-bond acceptors (Lipinski definition) is 4. The van der Waals surface area contributed by atoms with Gasteiger partial charge in [-0.1, -0.05) is 29.8 Å². The number of rotatable bonds is 4. The van der Waals surface area contributed by atoms with E-state index in [0.29, 0.717) is 24.7 Å². The van der Waals surface area contributed by atoms with Crippen molar-refractivity contribution in [1.82, 2.24) is 9.88 Å². The molecule has 1 aromatic heterocycles. The molecule has 4 rings (SSSR count). The van der Waals surface area contributed by atoms with Gasteiger partial charge < -0.3 is 14.2 Å². The highest BCUT2D eigenvalue weighted by Gasteiger charge is 2.22. The van der Waals surface area contributed by atoms with E-state index in [1.807, 2.05) is 59.5 Å². The zero-order valence-electron chi connectivity index (χ0n) is 14.8. The number of oxazole rings is 1. The van der Waals surface area contributed by atoms with E-state index in [1.54, 1.807) is 6.26 Å². The van der Waals surface area contributed by atoms with E-state index in [0.717, 1.165) is 29.4 Å². The number of amides is 1. The van der Waals surface area contributed by atoms with Crippen LogP contribution in [0.2, 0.25) is 5.02 Å². The summed E-state index contributed by atoms with van der Waals surface area (Å²) in [7, 11) is 0. The van der Waals surface area contributed by atoms with Crippen LogP contribution in [0.15, 0.2) is 65.3 Å². The summed E-state index contributed by atoms with van der Waals surface area (Å²) >= 11 is 5.95. The van der Waals surface area contributed by atoms with Crippen molar-refractivity contribution in [2.24, 2.45) is 0 Å². The second-order valence-corrected chi connectivity index (χ2v) is 6.97.